The standard InChI is InChI=1S/C52H39N5/c1-57-33-15-14-24-40(57)26-25-39-34-47-50(37-20-10-4-11-21-37)45-30-29-43(54-45)48(35-16-6-2-7-17-35)41-27-28-42(53-41)49(36-18-8-3-9-19-36)44-31-32-46(55-44)51(52(39)56-47)38-22-12-5-13-23-38/h2-34H,1H3,(H3,53,54,55,56)/p+1. The predicted molar refractivity (Wildman–Crippen MR) is 230 cm³/mol. The van der Waals surface area contributed by atoms with Gasteiger partial charge in [0.2, 0.25) is 5.69 Å². The van der Waals surface area contributed by atoms with Crippen molar-refractivity contribution in [2.75, 3.05) is 0 Å². The number of pyridine rings is 1. The summed E-state index contributed by atoms with van der Waals surface area (Å²) in [5, 5.41) is 4.08. The van der Waals surface area contributed by atoms with Crippen LogP contribution in [0.15, 0.2) is 188 Å². The molecule has 5 aromatic heterocycles. The van der Waals surface area contributed by atoms with Crippen LogP contribution < -0.4 is 26.0 Å². The van der Waals surface area contributed by atoms with Crippen LogP contribution in [0.5, 0.6) is 0 Å². The minimum absolute atomic E-state index is 1.01. The summed E-state index contributed by atoms with van der Waals surface area (Å²) >= 11 is 0. The first kappa shape index (κ1) is 33.9. The van der Waals surface area contributed by atoms with E-state index >= 15 is 0 Å². The van der Waals surface area contributed by atoms with Gasteiger partial charge in [-0.2, -0.15) is 0 Å². The van der Waals surface area contributed by atoms with Gasteiger partial charge in [-0.3, -0.25) is 0 Å². The molecule has 9 aromatic rings. The van der Waals surface area contributed by atoms with Crippen LogP contribution in [-0.4, -0.2) is 19.9 Å². The van der Waals surface area contributed by atoms with Gasteiger partial charge in [-0.15, -0.1) is 0 Å². The van der Waals surface area contributed by atoms with Crippen molar-refractivity contribution in [2.24, 2.45) is 7.05 Å². The van der Waals surface area contributed by atoms with E-state index < -0.39 is 0 Å². The van der Waals surface area contributed by atoms with E-state index in [1.807, 2.05) is 0 Å². The molecule has 0 atom stereocenters. The van der Waals surface area contributed by atoms with Crippen molar-refractivity contribution in [1.29, 1.82) is 0 Å². The molecular formula is C52H40N5+. The highest BCUT2D eigenvalue weighted by molar-refractivity contribution is 5.86. The molecule has 5 heteroatoms. The highest BCUT2D eigenvalue weighted by Crippen LogP contribution is 2.28. The van der Waals surface area contributed by atoms with Crippen LogP contribution >= 0.6 is 0 Å². The average molecular weight is 735 g/mol. The van der Waals surface area contributed by atoms with Crippen LogP contribution in [-0.2, 0) is 7.05 Å². The highest BCUT2D eigenvalue weighted by atomic mass is 14.9. The van der Waals surface area contributed by atoms with Crippen LogP contribution in [0.2, 0.25) is 0 Å². The first-order valence-corrected chi connectivity index (χ1v) is 19.3. The smallest absolute Gasteiger partial charge is 0.204 e. The fourth-order valence-electron chi connectivity index (χ4n) is 8.11. The van der Waals surface area contributed by atoms with E-state index in [9.17, 15) is 0 Å². The molecule has 4 N–H and O–H groups in total. The molecule has 1 aliphatic rings. The van der Waals surface area contributed by atoms with Gasteiger partial charge in [-0.1, -0.05) is 121 Å². The highest BCUT2D eigenvalue weighted by Gasteiger charge is 2.19. The number of fused-ring (bicyclic) bond motifs is 8. The lowest BCUT2D eigenvalue weighted by Crippen LogP contribution is -2.30. The molecule has 272 valence electrons. The second-order valence-electron chi connectivity index (χ2n) is 14.4. The van der Waals surface area contributed by atoms with E-state index in [2.05, 4.69) is 232 Å². The largest absolute Gasteiger partial charge is 0.354 e. The Morgan fingerprint density at radius 1 is 0.368 bits per heavy atom. The Bertz CT molecular complexity index is 3160. The van der Waals surface area contributed by atoms with Crippen molar-refractivity contribution in [3.8, 4) is 0 Å². The van der Waals surface area contributed by atoms with Crippen molar-refractivity contribution < 1.29 is 4.57 Å². The number of H-pyrrole nitrogens is 4. The van der Waals surface area contributed by atoms with Crippen LogP contribution in [0, 0.1) is 0 Å². The predicted octanol–water partition coefficient (Wildman–Crippen LogP) is 7.30. The van der Waals surface area contributed by atoms with Gasteiger partial charge < -0.3 is 19.9 Å². The summed E-state index contributed by atoms with van der Waals surface area (Å²) < 4.78 is 2.14. The molecule has 0 unspecified atom stereocenters. The lowest BCUT2D eigenvalue weighted by molar-refractivity contribution is -0.673. The normalized spacial score (nSPS) is 16.6. The molecule has 0 saturated heterocycles. The van der Waals surface area contributed by atoms with Crippen LogP contribution in [0.3, 0.4) is 0 Å². The number of aromatic amines is 4. The van der Waals surface area contributed by atoms with Crippen molar-refractivity contribution in [3.63, 3.8) is 0 Å². The quantitative estimate of drug-likeness (QED) is 0.130. The summed E-state index contributed by atoms with van der Waals surface area (Å²) in [5.41, 5.74) is 15.1. The van der Waals surface area contributed by atoms with Gasteiger partial charge in [0.15, 0.2) is 6.20 Å². The number of nitrogens with zero attached hydrogens (tertiary/aromatic N) is 1. The first-order valence-electron chi connectivity index (χ1n) is 19.3. The summed E-state index contributed by atoms with van der Waals surface area (Å²) in [6, 6.07) is 64.4. The Hall–Kier alpha value is -7.63. The topological polar surface area (TPSA) is 67.0 Å². The third-order valence-corrected chi connectivity index (χ3v) is 10.8. The zero-order valence-electron chi connectivity index (χ0n) is 31.5. The number of aromatic nitrogens is 5. The molecule has 0 saturated carbocycles. The molecule has 0 radical (unpaired) electrons. The van der Waals surface area contributed by atoms with Crippen molar-refractivity contribution in [2.45, 2.75) is 0 Å². The van der Waals surface area contributed by atoms with Crippen molar-refractivity contribution in [3.05, 3.63) is 266 Å². The third kappa shape index (κ3) is 6.41. The second kappa shape index (κ2) is 14.5. The lowest BCUT2D eigenvalue weighted by Gasteiger charge is -2.10. The minimum atomic E-state index is 1.01. The molecule has 6 heterocycles. The Morgan fingerprint density at radius 2 is 0.789 bits per heavy atom. The third-order valence-electron chi connectivity index (χ3n) is 10.8. The maximum absolute atomic E-state index is 4.00. The molecule has 0 amide bonds. The van der Waals surface area contributed by atoms with E-state index in [0.717, 1.165) is 100.0 Å². The summed E-state index contributed by atoms with van der Waals surface area (Å²) in [6.45, 7) is 0. The molecule has 10 rings (SSSR count). The molecule has 57 heavy (non-hydrogen) atoms. The van der Waals surface area contributed by atoms with Gasteiger partial charge in [-0.05, 0) is 76.9 Å². The maximum atomic E-state index is 4.00. The zero-order valence-corrected chi connectivity index (χ0v) is 31.5. The number of hydrogen-bond acceptors (Lipinski definition) is 0. The number of benzene rings is 4. The monoisotopic (exact) mass is 734 g/mol. The summed E-state index contributed by atoms with van der Waals surface area (Å²) in [6.07, 6.45) is 6.51. The lowest BCUT2D eigenvalue weighted by atomic mass is 10.0. The number of nitrogens with one attached hydrogen (secondary N) is 4. The average Bonchev–Trinajstić information content (AvgIpc) is 4.10. The molecule has 0 aliphatic carbocycles. The van der Waals surface area contributed by atoms with E-state index in [1.165, 1.54) is 0 Å². The molecule has 0 fully saturated rings. The number of rotatable bonds is 6. The summed E-state index contributed by atoms with van der Waals surface area (Å²) in [4.78, 5) is 15.7. The Balaban J connectivity index is 1.38. The van der Waals surface area contributed by atoms with Crippen molar-refractivity contribution >= 4 is 34.4 Å². The number of hydrogen-bond donors (Lipinski definition) is 4. The van der Waals surface area contributed by atoms with Gasteiger partial charge >= 0.3 is 0 Å². The number of aryl methyl sites for hydroxylation is 1. The van der Waals surface area contributed by atoms with Gasteiger partial charge in [-0.25, -0.2) is 4.57 Å². The molecular weight excluding hydrogens is 695 g/mol. The van der Waals surface area contributed by atoms with Gasteiger partial charge in [0, 0.05) is 84.9 Å². The molecule has 1 aliphatic heterocycles. The van der Waals surface area contributed by atoms with Crippen LogP contribution in [0.4, 0.5) is 0 Å². The van der Waals surface area contributed by atoms with E-state index in [-0.39, 0.29) is 0 Å². The fraction of sp³-hybridized carbons (Fsp3) is 0.0192. The van der Waals surface area contributed by atoms with Crippen molar-refractivity contribution in [1.82, 2.24) is 19.9 Å². The SMILES string of the molecule is C[n+]1ccccc1/C=C/c1c/c2[nH]/c1=C(/c1ccccc1)c1ccc([nH]1)/C(c1ccccc1)=c1/cc/c([nH]1)=C(\c1ccccc1)c1ccc([nH]1)\C=2c1ccccc1. The van der Waals surface area contributed by atoms with Gasteiger partial charge in [0.1, 0.15) is 7.05 Å². The molecule has 8 bridgehead atoms. The summed E-state index contributed by atoms with van der Waals surface area (Å²) in [7, 11) is 2.08. The second-order valence-corrected chi connectivity index (χ2v) is 14.4. The molecule has 0 spiro atoms. The maximum Gasteiger partial charge on any atom is 0.204 e. The summed E-state index contributed by atoms with van der Waals surface area (Å²) in [5.74, 6) is 0. The Morgan fingerprint density at radius 3 is 1.26 bits per heavy atom. The molecule has 5 nitrogen and oxygen atoms in total. The molecule has 4 aromatic carbocycles. The van der Waals surface area contributed by atoms with Crippen LogP contribution in [0.1, 0.15) is 56.3 Å². The Kier molecular flexibility index (Phi) is 8.65. The zero-order chi connectivity index (χ0) is 38.1. The first-order chi connectivity index (χ1) is 28.2. The van der Waals surface area contributed by atoms with E-state index in [4.69, 9.17) is 0 Å². The van der Waals surface area contributed by atoms with E-state index in [0.29, 0.717) is 0 Å². The van der Waals surface area contributed by atoms with E-state index in [1.54, 1.807) is 0 Å². The van der Waals surface area contributed by atoms with Gasteiger partial charge in [0.25, 0.3) is 0 Å². The minimum Gasteiger partial charge on any atom is -0.354 e. The fourth-order valence-corrected chi connectivity index (χ4v) is 8.11. The van der Waals surface area contributed by atoms with Gasteiger partial charge in [0.05, 0.1) is 5.35 Å². The van der Waals surface area contributed by atoms with Crippen LogP contribution in [0.25, 0.3) is 34.4 Å². The Labute approximate surface area is 330 Å².